The quantitative estimate of drug-likeness (QED) is 0.633. The lowest BCUT2D eigenvalue weighted by Crippen LogP contribution is -2.40. The minimum Gasteiger partial charge on any atom is -0.363 e. The Morgan fingerprint density at radius 1 is 1.11 bits per heavy atom. The van der Waals surface area contributed by atoms with E-state index >= 15 is 0 Å². The zero-order chi connectivity index (χ0) is 19.2. The van der Waals surface area contributed by atoms with Crippen LogP contribution in [0.5, 0.6) is 0 Å². The van der Waals surface area contributed by atoms with Crippen LogP contribution in [0.2, 0.25) is 0 Å². The van der Waals surface area contributed by atoms with Gasteiger partial charge < -0.3 is 15.2 Å². The third kappa shape index (κ3) is 4.95. The fourth-order valence-corrected chi connectivity index (χ4v) is 3.26. The monoisotopic (exact) mass is 379 g/mol. The number of fused-ring (bicyclic) bond motifs is 1. The second-order valence-corrected chi connectivity index (χ2v) is 7.17. The molecule has 0 amide bonds. The summed E-state index contributed by atoms with van der Waals surface area (Å²) in [5, 5.41) is 4.98. The summed E-state index contributed by atoms with van der Waals surface area (Å²) in [7, 11) is 0. The van der Waals surface area contributed by atoms with E-state index in [4.69, 9.17) is 12.2 Å². The van der Waals surface area contributed by atoms with Gasteiger partial charge in [-0.15, -0.1) is 0 Å². The molecule has 0 saturated heterocycles. The van der Waals surface area contributed by atoms with Crippen molar-refractivity contribution in [3.05, 3.63) is 81.6 Å². The first-order chi connectivity index (χ1) is 13.1. The lowest BCUT2D eigenvalue weighted by atomic mass is 10.1. The van der Waals surface area contributed by atoms with E-state index in [0.29, 0.717) is 23.8 Å². The minimum atomic E-state index is -0.0653. The SMILES string of the molecule is CCCNC(=S)N(Cc1ccccc1)Cc1cc2ccc(C)cc2[nH]c1=O. The second kappa shape index (κ2) is 8.82. The van der Waals surface area contributed by atoms with Gasteiger partial charge in [0.25, 0.3) is 5.56 Å². The van der Waals surface area contributed by atoms with Crippen LogP contribution in [-0.4, -0.2) is 21.5 Å². The predicted octanol–water partition coefficient (Wildman–Crippen LogP) is 4.12. The number of benzene rings is 2. The van der Waals surface area contributed by atoms with Gasteiger partial charge >= 0.3 is 0 Å². The highest BCUT2D eigenvalue weighted by molar-refractivity contribution is 7.80. The molecule has 0 unspecified atom stereocenters. The molecule has 2 aromatic carbocycles. The molecule has 5 heteroatoms. The maximum Gasteiger partial charge on any atom is 0.253 e. The summed E-state index contributed by atoms with van der Waals surface area (Å²) in [5.41, 5.74) is 3.80. The van der Waals surface area contributed by atoms with E-state index in [-0.39, 0.29) is 5.56 Å². The molecule has 0 atom stereocenters. The van der Waals surface area contributed by atoms with Crippen molar-refractivity contribution in [3.8, 4) is 0 Å². The van der Waals surface area contributed by atoms with Gasteiger partial charge in [-0.1, -0.05) is 49.4 Å². The summed E-state index contributed by atoms with van der Waals surface area (Å²) in [4.78, 5) is 17.7. The number of hydrogen-bond acceptors (Lipinski definition) is 2. The van der Waals surface area contributed by atoms with Gasteiger partial charge in [0.15, 0.2) is 5.11 Å². The van der Waals surface area contributed by atoms with Crippen LogP contribution < -0.4 is 10.9 Å². The van der Waals surface area contributed by atoms with Crippen molar-refractivity contribution in [1.82, 2.24) is 15.2 Å². The van der Waals surface area contributed by atoms with Gasteiger partial charge in [0.1, 0.15) is 0 Å². The van der Waals surface area contributed by atoms with E-state index in [1.165, 1.54) is 0 Å². The van der Waals surface area contributed by atoms with Gasteiger partial charge in [0.05, 0.1) is 6.54 Å². The fourth-order valence-electron chi connectivity index (χ4n) is 3.03. The number of aromatic nitrogens is 1. The molecule has 4 nitrogen and oxygen atoms in total. The molecular formula is C22H25N3OS. The first-order valence-electron chi connectivity index (χ1n) is 9.26. The largest absolute Gasteiger partial charge is 0.363 e. The molecule has 0 aliphatic rings. The average Bonchev–Trinajstić information content (AvgIpc) is 2.67. The summed E-state index contributed by atoms with van der Waals surface area (Å²) in [5.74, 6) is 0. The highest BCUT2D eigenvalue weighted by Gasteiger charge is 2.14. The Labute approximate surface area is 165 Å². The van der Waals surface area contributed by atoms with Crippen molar-refractivity contribution in [2.45, 2.75) is 33.4 Å². The van der Waals surface area contributed by atoms with Gasteiger partial charge in [0.2, 0.25) is 0 Å². The number of nitrogens with one attached hydrogen (secondary N) is 2. The van der Waals surface area contributed by atoms with E-state index < -0.39 is 0 Å². The zero-order valence-corrected chi connectivity index (χ0v) is 16.6. The van der Waals surface area contributed by atoms with Crippen LogP contribution in [0.1, 0.15) is 30.0 Å². The van der Waals surface area contributed by atoms with E-state index in [1.807, 2.05) is 48.2 Å². The lowest BCUT2D eigenvalue weighted by molar-refractivity contribution is 0.397. The highest BCUT2D eigenvalue weighted by Crippen LogP contribution is 2.15. The van der Waals surface area contributed by atoms with Crippen LogP contribution in [0.4, 0.5) is 0 Å². The summed E-state index contributed by atoms with van der Waals surface area (Å²) < 4.78 is 0. The Balaban J connectivity index is 1.89. The summed E-state index contributed by atoms with van der Waals surface area (Å²) in [6, 6.07) is 18.2. The molecule has 0 aliphatic carbocycles. The molecule has 1 heterocycles. The predicted molar refractivity (Wildman–Crippen MR) is 116 cm³/mol. The Morgan fingerprint density at radius 3 is 2.63 bits per heavy atom. The van der Waals surface area contributed by atoms with Crippen molar-refractivity contribution in [3.63, 3.8) is 0 Å². The molecule has 0 spiro atoms. The van der Waals surface area contributed by atoms with Gasteiger partial charge in [-0.3, -0.25) is 4.79 Å². The Morgan fingerprint density at radius 2 is 1.89 bits per heavy atom. The second-order valence-electron chi connectivity index (χ2n) is 6.79. The van der Waals surface area contributed by atoms with E-state index in [0.717, 1.165) is 35.0 Å². The van der Waals surface area contributed by atoms with E-state index in [1.54, 1.807) is 0 Å². The molecule has 0 aliphatic heterocycles. The highest BCUT2D eigenvalue weighted by atomic mass is 32.1. The third-order valence-electron chi connectivity index (χ3n) is 4.47. The van der Waals surface area contributed by atoms with Crippen LogP contribution in [0.25, 0.3) is 10.9 Å². The molecule has 2 N–H and O–H groups in total. The number of aryl methyl sites for hydroxylation is 1. The van der Waals surface area contributed by atoms with E-state index in [2.05, 4.69) is 35.4 Å². The molecule has 0 radical (unpaired) electrons. The van der Waals surface area contributed by atoms with Gasteiger partial charge in [-0.2, -0.15) is 0 Å². The smallest absolute Gasteiger partial charge is 0.253 e. The van der Waals surface area contributed by atoms with Crippen molar-refractivity contribution in [1.29, 1.82) is 0 Å². The van der Waals surface area contributed by atoms with Crippen molar-refractivity contribution in [2.24, 2.45) is 0 Å². The average molecular weight is 380 g/mol. The van der Waals surface area contributed by atoms with Crippen molar-refractivity contribution >= 4 is 28.2 Å². The van der Waals surface area contributed by atoms with Crippen LogP contribution in [-0.2, 0) is 13.1 Å². The van der Waals surface area contributed by atoms with Crippen molar-refractivity contribution < 1.29 is 0 Å². The maximum absolute atomic E-state index is 12.6. The molecule has 3 aromatic rings. The van der Waals surface area contributed by atoms with E-state index in [9.17, 15) is 4.79 Å². The molecule has 27 heavy (non-hydrogen) atoms. The number of nitrogens with zero attached hydrogens (tertiary/aromatic N) is 1. The Bertz CT molecular complexity index is 982. The van der Waals surface area contributed by atoms with Crippen molar-refractivity contribution in [2.75, 3.05) is 6.54 Å². The molecule has 0 saturated carbocycles. The van der Waals surface area contributed by atoms with Gasteiger partial charge in [-0.25, -0.2) is 0 Å². The number of H-pyrrole nitrogens is 1. The first-order valence-corrected chi connectivity index (χ1v) is 9.67. The number of aromatic amines is 1. The number of rotatable bonds is 6. The normalized spacial score (nSPS) is 10.7. The molecule has 140 valence electrons. The van der Waals surface area contributed by atoms with Crippen LogP contribution in [0.3, 0.4) is 0 Å². The zero-order valence-electron chi connectivity index (χ0n) is 15.8. The Hall–Kier alpha value is -2.66. The number of hydrogen-bond donors (Lipinski definition) is 2. The maximum atomic E-state index is 12.6. The Kier molecular flexibility index (Phi) is 6.24. The molecule has 0 bridgehead atoms. The summed E-state index contributed by atoms with van der Waals surface area (Å²) in [6.07, 6.45) is 0.995. The van der Waals surface area contributed by atoms with Gasteiger partial charge in [-0.05, 0) is 54.2 Å². The number of thiocarbonyl (C=S) groups is 1. The summed E-state index contributed by atoms with van der Waals surface area (Å²) >= 11 is 5.60. The molecule has 0 fully saturated rings. The van der Waals surface area contributed by atoms with Gasteiger partial charge in [0, 0.05) is 24.2 Å². The molecule has 3 rings (SSSR count). The third-order valence-corrected chi connectivity index (χ3v) is 4.87. The van der Waals surface area contributed by atoms with Crippen LogP contribution in [0, 0.1) is 6.92 Å². The number of pyridine rings is 1. The molecule has 1 aromatic heterocycles. The minimum absolute atomic E-state index is 0.0653. The fraction of sp³-hybridized carbons (Fsp3) is 0.273. The van der Waals surface area contributed by atoms with Crippen LogP contribution in [0.15, 0.2) is 59.4 Å². The summed E-state index contributed by atoms with van der Waals surface area (Å²) in [6.45, 7) is 6.06. The topological polar surface area (TPSA) is 48.1 Å². The molecular weight excluding hydrogens is 354 g/mol. The first kappa shape index (κ1) is 19.1. The lowest BCUT2D eigenvalue weighted by Gasteiger charge is -2.26. The van der Waals surface area contributed by atoms with Crippen LogP contribution >= 0.6 is 12.2 Å². The standard InChI is InChI=1S/C22H25N3OS/c1-3-11-23-22(27)25(14-17-7-5-4-6-8-17)15-19-13-18-10-9-16(2)12-20(18)24-21(19)26/h4-10,12-13H,3,11,14-15H2,1-2H3,(H,23,27)(H,24,26).